The van der Waals surface area contributed by atoms with Gasteiger partial charge in [-0.3, -0.25) is 0 Å². The Kier molecular flexibility index (Phi) is 8.19. The molecule has 0 aliphatic carbocycles. The summed E-state index contributed by atoms with van der Waals surface area (Å²) in [4.78, 5) is 2.40. The largest absolute Gasteiger partial charge is 0.455 e. The molecule has 11 aromatic rings. The van der Waals surface area contributed by atoms with Crippen LogP contribution in [0.2, 0.25) is 0 Å². The van der Waals surface area contributed by atoms with E-state index < -0.39 is 0 Å². The Morgan fingerprint density at radius 1 is 0.310 bits per heavy atom. The van der Waals surface area contributed by atoms with Crippen LogP contribution in [0.4, 0.5) is 17.1 Å². The number of benzene rings is 10. The third-order valence-electron chi connectivity index (χ3n) is 11.5. The van der Waals surface area contributed by atoms with Gasteiger partial charge in [0.15, 0.2) is 0 Å². The van der Waals surface area contributed by atoms with Gasteiger partial charge in [0.1, 0.15) is 11.2 Å². The van der Waals surface area contributed by atoms with Gasteiger partial charge in [0.2, 0.25) is 0 Å². The highest BCUT2D eigenvalue weighted by atomic mass is 16.3. The number of para-hydroxylation sites is 1. The minimum Gasteiger partial charge on any atom is -0.455 e. The van der Waals surface area contributed by atoms with Gasteiger partial charge >= 0.3 is 0 Å². The van der Waals surface area contributed by atoms with E-state index >= 15 is 0 Å². The maximum atomic E-state index is 6.89. The van der Waals surface area contributed by atoms with Crippen molar-refractivity contribution >= 4 is 60.5 Å². The third-order valence-corrected chi connectivity index (χ3v) is 11.5. The molecule has 1 aromatic heterocycles. The molecule has 0 N–H and O–H groups in total. The van der Waals surface area contributed by atoms with Crippen molar-refractivity contribution in [3.63, 3.8) is 0 Å². The Balaban J connectivity index is 1.13. The van der Waals surface area contributed by atoms with Gasteiger partial charge in [-0.25, -0.2) is 0 Å². The standard InChI is InChI=1S/C56H37NO/c1-2-14-38(15-3-1)42-20-10-21-43(36-42)44-22-11-23-46(37-44)57(45-32-30-41(31-33-45)48-27-12-18-39-16-4-6-24-47(39)48)53-35-34-51(50-28-13-19-40-17-5-7-25-49(40)50)56-55(53)52-26-8-9-29-54(52)58-56/h1-37H. The van der Waals surface area contributed by atoms with Crippen molar-refractivity contribution in [3.05, 3.63) is 224 Å². The van der Waals surface area contributed by atoms with Crippen molar-refractivity contribution in [2.45, 2.75) is 0 Å². The second-order valence-electron chi connectivity index (χ2n) is 14.9. The smallest absolute Gasteiger partial charge is 0.145 e. The second kappa shape index (κ2) is 14.1. The van der Waals surface area contributed by atoms with E-state index in [-0.39, 0.29) is 0 Å². The Labute approximate surface area is 337 Å². The Hall–Kier alpha value is -7.68. The van der Waals surface area contributed by atoms with Crippen LogP contribution < -0.4 is 4.90 Å². The van der Waals surface area contributed by atoms with E-state index in [4.69, 9.17) is 4.42 Å². The molecule has 0 aliphatic heterocycles. The van der Waals surface area contributed by atoms with Crippen molar-refractivity contribution in [1.29, 1.82) is 0 Å². The molecule has 0 unspecified atom stereocenters. The van der Waals surface area contributed by atoms with Crippen LogP contribution in [-0.2, 0) is 0 Å². The van der Waals surface area contributed by atoms with Gasteiger partial charge in [0.25, 0.3) is 0 Å². The Morgan fingerprint density at radius 2 is 0.862 bits per heavy atom. The van der Waals surface area contributed by atoms with Gasteiger partial charge in [0.05, 0.1) is 11.1 Å². The van der Waals surface area contributed by atoms with Gasteiger partial charge in [-0.2, -0.15) is 0 Å². The molecule has 0 spiro atoms. The van der Waals surface area contributed by atoms with E-state index in [2.05, 4.69) is 229 Å². The summed E-state index contributed by atoms with van der Waals surface area (Å²) in [6.45, 7) is 0. The molecule has 0 bridgehead atoms. The first-order chi connectivity index (χ1) is 28.8. The molecule has 0 aliphatic rings. The van der Waals surface area contributed by atoms with Crippen LogP contribution in [0.1, 0.15) is 0 Å². The molecule has 10 aromatic carbocycles. The predicted octanol–water partition coefficient (Wildman–Crippen LogP) is 16.0. The van der Waals surface area contributed by atoms with Crippen LogP contribution in [0.15, 0.2) is 229 Å². The van der Waals surface area contributed by atoms with E-state index in [1.54, 1.807) is 0 Å². The minimum atomic E-state index is 0.865. The summed E-state index contributed by atoms with van der Waals surface area (Å²) in [5.41, 5.74) is 14.2. The molecule has 0 fully saturated rings. The van der Waals surface area contributed by atoms with Crippen LogP contribution >= 0.6 is 0 Å². The summed E-state index contributed by atoms with van der Waals surface area (Å²) in [5.74, 6) is 0. The summed E-state index contributed by atoms with van der Waals surface area (Å²) < 4.78 is 6.89. The minimum absolute atomic E-state index is 0.865. The lowest BCUT2D eigenvalue weighted by Gasteiger charge is -2.27. The number of furan rings is 1. The highest BCUT2D eigenvalue weighted by Crippen LogP contribution is 2.47. The quantitative estimate of drug-likeness (QED) is 0.162. The highest BCUT2D eigenvalue weighted by molar-refractivity contribution is 6.18. The monoisotopic (exact) mass is 739 g/mol. The van der Waals surface area contributed by atoms with Crippen LogP contribution in [0.3, 0.4) is 0 Å². The van der Waals surface area contributed by atoms with Crippen molar-refractivity contribution in [1.82, 2.24) is 0 Å². The zero-order valence-corrected chi connectivity index (χ0v) is 31.7. The molecule has 0 saturated carbocycles. The van der Waals surface area contributed by atoms with E-state index in [0.29, 0.717) is 0 Å². The van der Waals surface area contributed by atoms with Gasteiger partial charge < -0.3 is 9.32 Å². The lowest BCUT2D eigenvalue weighted by atomic mass is 9.95. The van der Waals surface area contributed by atoms with E-state index in [1.165, 1.54) is 49.4 Å². The maximum Gasteiger partial charge on any atom is 0.145 e. The zero-order chi connectivity index (χ0) is 38.4. The number of fused-ring (bicyclic) bond motifs is 5. The summed E-state index contributed by atoms with van der Waals surface area (Å²) in [7, 11) is 0. The molecule has 0 amide bonds. The molecule has 2 heteroatoms. The summed E-state index contributed by atoms with van der Waals surface area (Å²) in [6.07, 6.45) is 0. The fraction of sp³-hybridized carbons (Fsp3) is 0. The van der Waals surface area contributed by atoms with Gasteiger partial charge in [-0.1, -0.05) is 176 Å². The van der Waals surface area contributed by atoms with Crippen LogP contribution in [0.5, 0.6) is 0 Å². The number of anilines is 3. The van der Waals surface area contributed by atoms with E-state index in [0.717, 1.165) is 55.7 Å². The van der Waals surface area contributed by atoms with Gasteiger partial charge in [-0.15, -0.1) is 0 Å². The molecule has 11 rings (SSSR count). The SMILES string of the molecule is c1ccc(-c2cccc(-c3cccc(N(c4ccc(-c5cccc6ccccc56)cc4)c4ccc(-c5cccc6ccccc56)c5oc6ccccc6c45)c3)c2)cc1. The lowest BCUT2D eigenvalue weighted by molar-refractivity contribution is 0.670. The number of rotatable bonds is 7. The molecule has 58 heavy (non-hydrogen) atoms. The molecule has 0 saturated heterocycles. The van der Waals surface area contributed by atoms with Crippen molar-refractivity contribution in [2.75, 3.05) is 4.90 Å². The Bertz CT molecular complexity index is 3270. The van der Waals surface area contributed by atoms with Crippen molar-refractivity contribution in [3.8, 4) is 44.5 Å². The number of hydrogen-bond donors (Lipinski definition) is 0. The first-order valence-electron chi connectivity index (χ1n) is 19.8. The molecule has 272 valence electrons. The van der Waals surface area contributed by atoms with E-state index in [9.17, 15) is 0 Å². The maximum absolute atomic E-state index is 6.89. The molecule has 0 atom stereocenters. The fourth-order valence-corrected chi connectivity index (χ4v) is 8.70. The number of nitrogens with zero attached hydrogens (tertiary/aromatic N) is 1. The molecule has 2 nitrogen and oxygen atoms in total. The average Bonchev–Trinajstić information content (AvgIpc) is 3.70. The topological polar surface area (TPSA) is 16.4 Å². The predicted molar refractivity (Wildman–Crippen MR) is 245 cm³/mol. The normalized spacial score (nSPS) is 11.4. The zero-order valence-electron chi connectivity index (χ0n) is 31.7. The first kappa shape index (κ1) is 33.6. The van der Waals surface area contributed by atoms with Crippen LogP contribution in [0.25, 0.3) is 88.0 Å². The molecule has 0 radical (unpaired) electrons. The molecular weight excluding hydrogens is 703 g/mol. The molecule has 1 heterocycles. The lowest BCUT2D eigenvalue weighted by Crippen LogP contribution is -2.10. The van der Waals surface area contributed by atoms with Crippen molar-refractivity contribution in [2.24, 2.45) is 0 Å². The summed E-state index contributed by atoms with van der Waals surface area (Å²) in [5, 5.41) is 7.05. The first-order valence-corrected chi connectivity index (χ1v) is 19.8. The Morgan fingerprint density at radius 3 is 1.62 bits per heavy atom. The van der Waals surface area contributed by atoms with Gasteiger partial charge in [0, 0.05) is 22.3 Å². The highest BCUT2D eigenvalue weighted by Gasteiger charge is 2.23. The number of hydrogen-bond acceptors (Lipinski definition) is 2. The van der Waals surface area contributed by atoms with E-state index in [1.807, 2.05) is 0 Å². The molecular formula is C56H37NO. The third kappa shape index (κ3) is 5.82. The van der Waals surface area contributed by atoms with Crippen LogP contribution in [-0.4, -0.2) is 0 Å². The van der Waals surface area contributed by atoms with Crippen molar-refractivity contribution < 1.29 is 4.42 Å². The fourth-order valence-electron chi connectivity index (χ4n) is 8.70. The van der Waals surface area contributed by atoms with Crippen LogP contribution in [0, 0.1) is 0 Å². The average molecular weight is 740 g/mol. The van der Waals surface area contributed by atoms with Gasteiger partial charge in [-0.05, 0) is 109 Å². The summed E-state index contributed by atoms with van der Waals surface area (Å²) >= 11 is 0. The second-order valence-corrected chi connectivity index (χ2v) is 14.9. The summed E-state index contributed by atoms with van der Waals surface area (Å²) in [6, 6.07) is 80.6.